The Labute approximate surface area is 118 Å². The van der Waals surface area contributed by atoms with Gasteiger partial charge in [0.05, 0.1) is 5.02 Å². The predicted molar refractivity (Wildman–Crippen MR) is 74.3 cm³/mol. The Balaban J connectivity index is 2.26. The molecule has 0 aromatic heterocycles. The molecule has 1 aromatic rings. The molecule has 0 atom stereocenters. The van der Waals surface area contributed by atoms with Crippen LogP contribution < -0.4 is 14.8 Å². The molecule has 0 saturated carbocycles. The number of benzene rings is 1. The number of rotatable bonds is 3. The fourth-order valence-corrected chi connectivity index (χ4v) is 1.98. The Morgan fingerprint density at radius 3 is 2.74 bits per heavy atom. The first-order valence-corrected chi connectivity index (χ1v) is 6.72. The summed E-state index contributed by atoms with van der Waals surface area (Å²) in [6, 6.07) is 3.28. The summed E-state index contributed by atoms with van der Waals surface area (Å²) in [5.41, 5.74) is 0.229. The van der Waals surface area contributed by atoms with Crippen molar-refractivity contribution >= 4 is 17.5 Å². The number of halogens is 1. The number of ether oxygens (including phenoxy) is 2. The van der Waals surface area contributed by atoms with Crippen LogP contribution in [0.4, 0.5) is 0 Å². The topological polar surface area (TPSA) is 47.6 Å². The molecule has 0 bridgehead atoms. The Morgan fingerprint density at radius 1 is 1.37 bits per heavy atom. The fraction of sp³-hybridized carbons (Fsp3) is 0.500. The molecule has 0 aliphatic carbocycles. The normalized spacial score (nSPS) is 14.1. The van der Waals surface area contributed by atoms with Crippen molar-refractivity contribution in [2.24, 2.45) is 0 Å². The van der Waals surface area contributed by atoms with Crippen molar-refractivity contribution in [3.8, 4) is 11.5 Å². The van der Waals surface area contributed by atoms with Crippen molar-refractivity contribution in [1.82, 2.24) is 5.32 Å². The molecule has 0 unspecified atom stereocenters. The highest BCUT2D eigenvalue weighted by Crippen LogP contribution is 2.38. The molecule has 19 heavy (non-hydrogen) atoms. The maximum atomic E-state index is 12.2. The third-order valence-corrected chi connectivity index (χ3v) is 3.48. The van der Waals surface area contributed by atoms with E-state index in [2.05, 4.69) is 5.32 Å². The van der Waals surface area contributed by atoms with E-state index < -0.39 is 0 Å². The van der Waals surface area contributed by atoms with E-state index in [0.717, 1.165) is 6.42 Å². The number of carbonyl (C=O) groups excluding carboxylic acids is 1. The van der Waals surface area contributed by atoms with Gasteiger partial charge in [-0.3, -0.25) is 4.79 Å². The van der Waals surface area contributed by atoms with E-state index in [1.807, 2.05) is 20.8 Å². The van der Waals surface area contributed by atoms with Crippen molar-refractivity contribution in [3.63, 3.8) is 0 Å². The largest absolute Gasteiger partial charge is 0.486 e. The lowest BCUT2D eigenvalue weighted by molar-refractivity contribution is 0.0910. The van der Waals surface area contributed by atoms with Crippen LogP contribution in [0.3, 0.4) is 0 Å². The highest BCUT2D eigenvalue weighted by atomic mass is 35.5. The second kappa shape index (κ2) is 5.29. The first-order valence-electron chi connectivity index (χ1n) is 6.34. The van der Waals surface area contributed by atoms with Crippen LogP contribution in [0.2, 0.25) is 5.02 Å². The smallest absolute Gasteiger partial charge is 0.251 e. The molecule has 1 aliphatic rings. The van der Waals surface area contributed by atoms with Gasteiger partial charge in [-0.15, -0.1) is 0 Å². The zero-order chi connectivity index (χ0) is 14.0. The van der Waals surface area contributed by atoms with E-state index in [4.69, 9.17) is 21.1 Å². The summed E-state index contributed by atoms with van der Waals surface area (Å²) in [5.74, 6) is 0.878. The summed E-state index contributed by atoms with van der Waals surface area (Å²) in [7, 11) is 0. The minimum absolute atomic E-state index is 0.161. The molecule has 1 aromatic carbocycles. The predicted octanol–water partition coefficient (Wildman–Crippen LogP) is 3.03. The van der Waals surface area contributed by atoms with E-state index >= 15 is 0 Å². The van der Waals surface area contributed by atoms with Gasteiger partial charge in [-0.25, -0.2) is 0 Å². The molecular formula is C14H18ClNO3. The number of nitrogens with one attached hydrogen (secondary N) is 1. The number of amides is 1. The van der Waals surface area contributed by atoms with Gasteiger partial charge in [-0.05, 0) is 32.4 Å². The average Bonchev–Trinajstić information content (AvgIpc) is 2.38. The summed E-state index contributed by atoms with van der Waals surface area (Å²) in [5, 5.41) is 3.36. The Kier molecular flexibility index (Phi) is 3.90. The summed E-state index contributed by atoms with van der Waals surface area (Å²) < 4.78 is 10.9. The summed E-state index contributed by atoms with van der Waals surface area (Å²) in [6.45, 7) is 6.92. The van der Waals surface area contributed by atoms with Crippen LogP contribution in [-0.4, -0.2) is 24.7 Å². The summed E-state index contributed by atoms with van der Waals surface area (Å²) in [6.07, 6.45) is 0.844. The highest BCUT2D eigenvalue weighted by Gasteiger charge is 2.22. The van der Waals surface area contributed by atoms with E-state index in [9.17, 15) is 4.79 Å². The Morgan fingerprint density at radius 2 is 2.05 bits per heavy atom. The number of fused-ring (bicyclic) bond motifs is 1. The second-order valence-corrected chi connectivity index (χ2v) is 5.58. The SMILES string of the molecule is CCC(C)(C)NC(=O)c1cc(Cl)c2c(c1)OCCO2. The summed E-state index contributed by atoms with van der Waals surface area (Å²) in [4.78, 5) is 12.2. The first kappa shape index (κ1) is 14.0. The van der Waals surface area contributed by atoms with Crippen LogP contribution >= 0.6 is 11.6 Å². The van der Waals surface area contributed by atoms with Gasteiger partial charge < -0.3 is 14.8 Å². The zero-order valence-corrected chi connectivity index (χ0v) is 12.1. The third kappa shape index (κ3) is 3.13. The van der Waals surface area contributed by atoms with E-state index in [0.29, 0.717) is 35.3 Å². The lowest BCUT2D eigenvalue weighted by Gasteiger charge is -2.25. The Bertz CT molecular complexity index is 500. The van der Waals surface area contributed by atoms with Gasteiger partial charge in [0.25, 0.3) is 5.91 Å². The molecule has 1 aliphatic heterocycles. The quantitative estimate of drug-likeness (QED) is 0.927. The van der Waals surface area contributed by atoms with Crippen molar-refractivity contribution in [1.29, 1.82) is 0 Å². The average molecular weight is 284 g/mol. The van der Waals surface area contributed by atoms with Crippen molar-refractivity contribution < 1.29 is 14.3 Å². The molecule has 1 N–H and O–H groups in total. The molecule has 104 valence electrons. The zero-order valence-electron chi connectivity index (χ0n) is 11.4. The fourth-order valence-electron chi connectivity index (χ4n) is 1.71. The lowest BCUT2D eigenvalue weighted by Crippen LogP contribution is -2.42. The summed E-state index contributed by atoms with van der Waals surface area (Å²) >= 11 is 6.11. The molecule has 1 heterocycles. The van der Waals surface area contributed by atoms with Gasteiger partial charge in [-0.2, -0.15) is 0 Å². The van der Waals surface area contributed by atoms with E-state index in [1.165, 1.54) is 0 Å². The lowest BCUT2D eigenvalue weighted by atomic mass is 10.0. The number of carbonyl (C=O) groups is 1. The monoisotopic (exact) mass is 283 g/mol. The highest BCUT2D eigenvalue weighted by molar-refractivity contribution is 6.32. The molecule has 5 heteroatoms. The molecule has 0 spiro atoms. The molecule has 0 radical (unpaired) electrons. The van der Waals surface area contributed by atoms with Crippen LogP contribution in [0.1, 0.15) is 37.6 Å². The molecule has 4 nitrogen and oxygen atoms in total. The van der Waals surface area contributed by atoms with Crippen LogP contribution in [0.5, 0.6) is 11.5 Å². The van der Waals surface area contributed by atoms with Crippen LogP contribution in [-0.2, 0) is 0 Å². The van der Waals surface area contributed by atoms with Gasteiger partial charge in [0, 0.05) is 11.1 Å². The van der Waals surface area contributed by atoms with Crippen molar-refractivity contribution in [3.05, 3.63) is 22.7 Å². The van der Waals surface area contributed by atoms with Crippen LogP contribution in [0, 0.1) is 0 Å². The van der Waals surface area contributed by atoms with E-state index in [1.54, 1.807) is 12.1 Å². The van der Waals surface area contributed by atoms with Gasteiger partial charge in [-0.1, -0.05) is 18.5 Å². The van der Waals surface area contributed by atoms with Gasteiger partial charge in [0.15, 0.2) is 11.5 Å². The van der Waals surface area contributed by atoms with Crippen LogP contribution in [0.15, 0.2) is 12.1 Å². The van der Waals surface area contributed by atoms with Gasteiger partial charge in [0.1, 0.15) is 13.2 Å². The molecule has 0 saturated heterocycles. The minimum atomic E-state index is -0.253. The number of hydrogen-bond donors (Lipinski definition) is 1. The standard InChI is InChI=1S/C14H18ClNO3/c1-4-14(2,3)16-13(17)9-7-10(15)12-11(8-9)18-5-6-19-12/h7-8H,4-6H2,1-3H3,(H,16,17). The molecule has 0 fully saturated rings. The van der Waals surface area contributed by atoms with E-state index in [-0.39, 0.29) is 11.4 Å². The minimum Gasteiger partial charge on any atom is -0.486 e. The maximum absolute atomic E-state index is 12.2. The van der Waals surface area contributed by atoms with Crippen molar-refractivity contribution in [2.75, 3.05) is 13.2 Å². The Hall–Kier alpha value is -1.42. The van der Waals surface area contributed by atoms with Gasteiger partial charge in [0.2, 0.25) is 0 Å². The second-order valence-electron chi connectivity index (χ2n) is 5.17. The first-order chi connectivity index (χ1) is 8.93. The maximum Gasteiger partial charge on any atom is 0.251 e. The number of hydrogen-bond acceptors (Lipinski definition) is 3. The third-order valence-electron chi connectivity index (χ3n) is 3.19. The molecular weight excluding hydrogens is 266 g/mol. The molecule has 1 amide bonds. The van der Waals surface area contributed by atoms with Crippen LogP contribution in [0.25, 0.3) is 0 Å². The van der Waals surface area contributed by atoms with Crippen molar-refractivity contribution in [2.45, 2.75) is 32.7 Å². The van der Waals surface area contributed by atoms with Gasteiger partial charge >= 0.3 is 0 Å². The molecule has 2 rings (SSSR count).